The Bertz CT molecular complexity index is 376. The molecule has 0 amide bonds. The normalized spacial score (nSPS) is 15.9. The van der Waals surface area contributed by atoms with Crippen LogP contribution in [0.2, 0.25) is 0 Å². The van der Waals surface area contributed by atoms with E-state index in [9.17, 15) is 14.7 Å². The lowest BCUT2D eigenvalue weighted by Gasteiger charge is -2.17. The van der Waals surface area contributed by atoms with Gasteiger partial charge in [0.25, 0.3) is 0 Å². The molecule has 4 nitrogen and oxygen atoms in total. The quantitative estimate of drug-likeness (QED) is 0.690. The van der Waals surface area contributed by atoms with E-state index in [1.807, 2.05) is 30.3 Å². The largest absolute Gasteiger partial charge is 0.391 e. The van der Waals surface area contributed by atoms with E-state index >= 15 is 0 Å². The van der Waals surface area contributed by atoms with Gasteiger partial charge in [-0.25, -0.2) is 0 Å². The van der Waals surface area contributed by atoms with Crippen LogP contribution >= 0.6 is 0 Å². The second kappa shape index (κ2) is 6.27. The molecule has 0 aliphatic carbocycles. The molecular formula is C13H16NO3. The molecule has 0 aliphatic rings. The number of nitrogens with two attached hydrogens (primary N) is 1. The number of aliphatic hydroxyl groups is 1. The highest BCUT2D eigenvalue weighted by molar-refractivity contribution is 5.97. The fourth-order valence-corrected chi connectivity index (χ4v) is 1.52. The fraction of sp³-hybridized carbons (Fsp3) is 0.385. The number of carbonyl (C=O) groups is 1. The van der Waals surface area contributed by atoms with E-state index in [2.05, 4.69) is 0 Å². The summed E-state index contributed by atoms with van der Waals surface area (Å²) in [5, 5.41) is 9.23. The van der Waals surface area contributed by atoms with Crippen molar-refractivity contribution >= 4 is 12.1 Å². The van der Waals surface area contributed by atoms with Gasteiger partial charge < -0.3 is 10.8 Å². The van der Waals surface area contributed by atoms with Gasteiger partial charge in [0.1, 0.15) is 0 Å². The molecule has 1 rings (SSSR count). The number of hydrogen-bond acceptors (Lipinski definition) is 4. The summed E-state index contributed by atoms with van der Waals surface area (Å²) in [5.74, 6) is -1.39. The Hall–Kier alpha value is -1.52. The van der Waals surface area contributed by atoms with Crippen LogP contribution in [0, 0.1) is 5.92 Å². The molecule has 1 aromatic rings. The number of rotatable bonds is 6. The average Bonchev–Trinajstić information content (AvgIpc) is 2.35. The molecule has 91 valence electrons. The highest BCUT2D eigenvalue weighted by Crippen LogP contribution is 2.10. The Morgan fingerprint density at radius 3 is 2.47 bits per heavy atom. The lowest BCUT2D eigenvalue weighted by molar-refractivity contribution is -0.124. The van der Waals surface area contributed by atoms with E-state index in [1.54, 1.807) is 6.29 Å². The third-order valence-electron chi connectivity index (χ3n) is 2.62. The second-order valence-electron chi connectivity index (χ2n) is 4.03. The van der Waals surface area contributed by atoms with Crippen molar-refractivity contribution in [3.8, 4) is 0 Å². The zero-order chi connectivity index (χ0) is 12.8. The SMILES string of the molecule is C[C@@H](O)[C@H](N)C(=O)C([C]=O)Cc1ccccc1. The molecule has 1 radical (unpaired) electrons. The Labute approximate surface area is 100 Å². The molecule has 1 unspecified atom stereocenters. The van der Waals surface area contributed by atoms with Crippen molar-refractivity contribution in [3.05, 3.63) is 35.9 Å². The Morgan fingerprint density at radius 2 is 2.00 bits per heavy atom. The summed E-state index contributed by atoms with van der Waals surface area (Å²) in [4.78, 5) is 22.6. The summed E-state index contributed by atoms with van der Waals surface area (Å²) in [7, 11) is 0. The van der Waals surface area contributed by atoms with Gasteiger partial charge in [0.2, 0.25) is 6.29 Å². The molecule has 0 spiro atoms. The number of ketones is 1. The number of aliphatic hydroxyl groups excluding tert-OH is 1. The number of carbonyl (C=O) groups excluding carboxylic acids is 2. The molecule has 3 atom stereocenters. The zero-order valence-electron chi connectivity index (χ0n) is 9.67. The smallest absolute Gasteiger partial charge is 0.209 e. The summed E-state index contributed by atoms with van der Waals surface area (Å²) in [6.45, 7) is 1.42. The second-order valence-corrected chi connectivity index (χ2v) is 4.03. The van der Waals surface area contributed by atoms with E-state index in [1.165, 1.54) is 6.92 Å². The maximum Gasteiger partial charge on any atom is 0.209 e. The van der Waals surface area contributed by atoms with Crippen molar-refractivity contribution < 1.29 is 14.7 Å². The summed E-state index contributed by atoms with van der Waals surface area (Å²) in [5.41, 5.74) is 6.38. The maximum absolute atomic E-state index is 11.8. The predicted molar refractivity (Wildman–Crippen MR) is 64.0 cm³/mol. The maximum atomic E-state index is 11.8. The van der Waals surface area contributed by atoms with Crippen molar-refractivity contribution in [1.82, 2.24) is 0 Å². The van der Waals surface area contributed by atoms with Crippen LogP contribution in [0.1, 0.15) is 12.5 Å². The fourth-order valence-electron chi connectivity index (χ4n) is 1.52. The molecule has 0 aliphatic heterocycles. The molecule has 0 saturated carbocycles. The summed E-state index contributed by atoms with van der Waals surface area (Å²) in [6, 6.07) is 8.13. The molecule has 1 aromatic carbocycles. The van der Waals surface area contributed by atoms with Gasteiger partial charge in [0.05, 0.1) is 18.1 Å². The van der Waals surface area contributed by atoms with Crippen LogP contribution in [0.5, 0.6) is 0 Å². The number of hydrogen-bond donors (Lipinski definition) is 2. The first-order valence-electron chi connectivity index (χ1n) is 5.45. The van der Waals surface area contributed by atoms with Gasteiger partial charge in [-0.3, -0.25) is 9.59 Å². The van der Waals surface area contributed by atoms with Crippen LogP contribution < -0.4 is 5.73 Å². The molecule has 0 fully saturated rings. The van der Waals surface area contributed by atoms with Crippen LogP contribution in [-0.2, 0) is 16.0 Å². The van der Waals surface area contributed by atoms with Crippen molar-refractivity contribution in [2.45, 2.75) is 25.5 Å². The van der Waals surface area contributed by atoms with Gasteiger partial charge in [-0.05, 0) is 18.9 Å². The van der Waals surface area contributed by atoms with Crippen LogP contribution in [0.15, 0.2) is 30.3 Å². The summed E-state index contributed by atoms with van der Waals surface area (Å²) in [6.07, 6.45) is 0.999. The third-order valence-corrected chi connectivity index (χ3v) is 2.62. The van der Waals surface area contributed by atoms with Gasteiger partial charge >= 0.3 is 0 Å². The van der Waals surface area contributed by atoms with Crippen LogP contribution in [0.3, 0.4) is 0 Å². The molecule has 0 heterocycles. The Balaban J connectivity index is 2.73. The van der Waals surface area contributed by atoms with Crippen molar-refractivity contribution in [3.63, 3.8) is 0 Å². The summed E-state index contributed by atoms with van der Waals surface area (Å²) >= 11 is 0. The van der Waals surface area contributed by atoms with Crippen molar-refractivity contribution in [1.29, 1.82) is 0 Å². The monoisotopic (exact) mass is 234 g/mol. The molecule has 3 N–H and O–H groups in total. The lowest BCUT2D eigenvalue weighted by atomic mass is 9.91. The van der Waals surface area contributed by atoms with Crippen LogP contribution in [-0.4, -0.2) is 29.3 Å². The topological polar surface area (TPSA) is 80.4 Å². The van der Waals surface area contributed by atoms with Crippen LogP contribution in [0.4, 0.5) is 0 Å². The molecule has 0 saturated heterocycles. The summed E-state index contributed by atoms with van der Waals surface area (Å²) < 4.78 is 0. The van der Waals surface area contributed by atoms with Gasteiger partial charge in [-0.2, -0.15) is 0 Å². The highest BCUT2D eigenvalue weighted by atomic mass is 16.3. The van der Waals surface area contributed by atoms with E-state index in [0.29, 0.717) is 0 Å². The molecule has 4 heteroatoms. The molecule has 17 heavy (non-hydrogen) atoms. The van der Waals surface area contributed by atoms with Crippen molar-refractivity contribution in [2.75, 3.05) is 0 Å². The van der Waals surface area contributed by atoms with E-state index < -0.39 is 23.8 Å². The van der Waals surface area contributed by atoms with Gasteiger partial charge in [-0.15, -0.1) is 0 Å². The Morgan fingerprint density at radius 1 is 1.41 bits per heavy atom. The molecule has 0 aromatic heterocycles. The van der Waals surface area contributed by atoms with E-state index in [4.69, 9.17) is 5.73 Å². The van der Waals surface area contributed by atoms with Gasteiger partial charge in [-0.1, -0.05) is 30.3 Å². The molecule has 0 bridgehead atoms. The third kappa shape index (κ3) is 3.76. The van der Waals surface area contributed by atoms with E-state index in [0.717, 1.165) is 5.56 Å². The van der Waals surface area contributed by atoms with E-state index in [-0.39, 0.29) is 6.42 Å². The molecular weight excluding hydrogens is 218 g/mol. The lowest BCUT2D eigenvalue weighted by Crippen LogP contribution is -2.44. The number of benzene rings is 1. The minimum atomic E-state index is -1.04. The Kier molecular flexibility index (Phi) is 5.00. The van der Waals surface area contributed by atoms with Gasteiger partial charge in [0, 0.05) is 0 Å². The standard InChI is InChI=1S/C13H16NO3/c1-9(16)12(14)13(17)11(8-15)7-10-5-3-2-4-6-10/h2-6,9,11-12,16H,7,14H2,1H3/t9-,11?,12+/m1/s1. The first kappa shape index (κ1) is 13.5. The first-order valence-corrected chi connectivity index (χ1v) is 5.45. The minimum absolute atomic E-state index is 0.267. The number of Topliss-reactive ketones (excluding diaryl/α,β-unsaturated/α-hetero) is 1. The van der Waals surface area contributed by atoms with Gasteiger partial charge in [0.15, 0.2) is 5.78 Å². The first-order chi connectivity index (χ1) is 8.06. The zero-order valence-corrected chi connectivity index (χ0v) is 9.67. The average molecular weight is 234 g/mol. The highest BCUT2D eigenvalue weighted by Gasteiger charge is 2.27. The minimum Gasteiger partial charge on any atom is -0.391 e. The predicted octanol–water partition coefficient (Wildman–Crippen LogP) is 0.232. The van der Waals surface area contributed by atoms with Crippen LogP contribution in [0.25, 0.3) is 0 Å². The van der Waals surface area contributed by atoms with Crippen molar-refractivity contribution in [2.24, 2.45) is 11.7 Å².